The fourth-order valence-corrected chi connectivity index (χ4v) is 5.67. The molecule has 1 aliphatic heterocycles. The van der Waals surface area contributed by atoms with Crippen molar-refractivity contribution in [1.82, 2.24) is 15.0 Å². The first-order chi connectivity index (χ1) is 16.4. The summed E-state index contributed by atoms with van der Waals surface area (Å²) in [4.78, 5) is 15.6. The monoisotopic (exact) mass is 476 g/mol. The number of aromatic nitrogens is 3. The van der Waals surface area contributed by atoms with Crippen molar-refractivity contribution in [3.8, 4) is 0 Å². The third-order valence-electron chi connectivity index (χ3n) is 7.35. The number of anilines is 2. The Morgan fingerprint density at radius 2 is 2.00 bits per heavy atom. The van der Waals surface area contributed by atoms with Crippen LogP contribution in [-0.4, -0.2) is 33.1 Å². The second kappa shape index (κ2) is 8.98. The highest BCUT2D eigenvalue weighted by Gasteiger charge is 2.46. The lowest BCUT2D eigenvalue weighted by Crippen LogP contribution is -2.45. The van der Waals surface area contributed by atoms with Crippen LogP contribution in [0, 0.1) is 5.41 Å². The maximum absolute atomic E-state index is 10.1. The topological polar surface area (TPSA) is 114 Å². The number of allylic oxidation sites excluding steroid dienone is 1. The normalized spacial score (nSPS) is 19.5. The standard InChI is InChI=1S/C26H29ClN6O/c1-16(19-6-9-30-24(29)22(19)27)12-18-14-31-25(21(15-34)32-18)33-10-7-26(8-11-33)13-17-4-2-3-5-20(17)23(26)28/h2-6,9,12,14,23,34H,7-8,10-11,13,15,28H2,1H3,(H2,29,30)/b16-12-/t23-/m1/s1. The molecular formula is C26H29ClN6O. The lowest BCUT2D eigenvalue weighted by atomic mass is 9.73. The second-order valence-electron chi connectivity index (χ2n) is 9.31. The molecule has 2 aliphatic rings. The van der Waals surface area contributed by atoms with Crippen molar-refractivity contribution in [1.29, 1.82) is 0 Å². The number of nitrogen functional groups attached to an aromatic ring is 1. The Labute approximate surface area is 204 Å². The number of nitrogens with two attached hydrogens (primary N) is 2. The molecule has 0 bridgehead atoms. The van der Waals surface area contributed by atoms with Crippen molar-refractivity contribution in [2.45, 2.75) is 38.8 Å². The van der Waals surface area contributed by atoms with Crippen molar-refractivity contribution in [3.05, 3.63) is 75.8 Å². The number of benzene rings is 1. The Hall–Kier alpha value is -3.00. The van der Waals surface area contributed by atoms with Gasteiger partial charge in [0.1, 0.15) is 11.5 Å². The molecule has 176 valence electrons. The molecule has 8 heteroatoms. The number of pyridine rings is 1. The van der Waals surface area contributed by atoms with Crippen molar-refractivity contribution in [2.75, 3.05) is 23.7 Å². The van der Waals surface area contributed by atoms with Crippen molar-refractivity contribution in [2.24, 2.45) is 11.1 Å². The van der Waals surface area contributed by atoms with E-state index < -0.39 is 0 Å². The first-order valence-electron chi connectivity index (χ1n) is 11.6. The molecule has 5 N–H and O–H groups in total. The zero-order valence-electron chi connectivity index (χ0n) is 19.2. The summed E-state index contributed by atoms with van der Waals surface area (Å²) in [5, 5.41) is 10.5. The van der Waals surface area contributed by atoms with E-state index in [1.54, 1.807) is 12.4 Å². The highest BCUT2D eigenvalue weighted by atomic mass is 35.5. The molecule has 3 aromatic rings. The van der Waals surface area contributed by atoms with Gasteiger partial charge in [-0.15, -0.1) is 0 Å². The minimum Gasteiger partial charge on any atom is -0.390 e. The quantitative estimate of drug-likeness (QED) is 0.521. The third kappa shape index (κ3) is 3.94. The molecule has 1 saturated heterocycles. The van der Waals surface area contributed by atoms with Gasteiger partial charge in [0.15, 0.2) is 5.82 Å². The number of aliphatic hydroxyl groups is 1. The molecule has 1 aliphatic carbocycles. The lowest BCUT2D eigenvalue weighted by Gasteiger charge is -2.42. The van der Waals surface area contributed by atoms with Crippen molar-refractivity contribution in [3.63, 3.8) is 0 Å². The third-order valence-corrected chi connectivity index (χ3v) is 7.74. The molecule has 0 radical (unpaired) electrons. The van der Waals surface area contributed by atoms with E-state index in [1.807, 2.05) is 19.1 Å². The maximum Gasteiger partial charge on any atom is 0.152 e. The van der Waals surface area contributed by atoms with Crippen LogP contribution in [0.1, 0.15) is 53.9 Å². The van der Waals surface area contributed by atoms with Gasteiger partial charge in [-0.1, -0.05) is 35.9 Å². The van der Waals surface area contributed by atoms with Gasteiger partial charge in [-0.3, -0.25) is 0 Å². The summed E-state index contributed by atoms with van der Waals surface area (Å²) in [7, 11) is 0. The van der Waals surface area contributed by atoms with Gasteiger partial charge in [-0.25, -0.2) is 15.0 Å². The fourth-order valence-electron chi connectivity index (χ4n) is 5.41. The summed E-state index contributed by atoms with van der Waals surface area (Å²) in [6, 6.07) is 10.4. The predicted octanol–water partition coefficient (Wildman–Crippen LogP) is 4.00. The molecule has 2 aromatic heterocycles. The first kappa shape index (κ1) is 22.8. The highest BCUT2D eigenvalue weighted by molar-refractivity contribution is 6.34. The van der Waals surface area contributed by atoms with Crippen LogP contribution in [0.2, 0.25) is 5.02 Å². The smallest absolute Gasteiger partial charge is 0.152 e. The van der Waals surface area contributed by atoms with E-state index in [-0.39, 0.29) is 23.9 Å². The minimum atomic E-state index is -0.182. The molecule has 34 heavy (non-hydrogen) atoms. The first-order valence-corrected chi connectivity index (χ1v) is 11.9. The van der Waals surface area contributed by atoms with Crippen LogP contribution in [0.5, 0.6) is 0 Å². The molecule has 1 atom stereocenters. The lowest BCUT2D eigenvalue weighted by molar-refractivity contribution is 0.186. The molecule has 1 spiro atoms. The molecule has 0 amide bonds. The van der Waals surface area contributed by atoms with E-state index in [4.69, 9.17) is 28.1 Å². The van der Waals surface area contributed by atoms with Gasteiger partial charge in [0.05, 0.1) is 23.5 Å². The number of piperidine rings is 1. The molecule has 1 fully saturated rings. The predicted molar refractivity (Wildman–Crippen MR) is 136 cm³/mol. The van der Waals surface area contributed by atoms with Crippen LogP contribution in [0.3, 0.4) is 0 Å². The Kier molecular flexibility index (Phi) is 6.02. The number of hydrogen-bond acceptors (Lipinski definition) is 7. The molecule has 3 heterocycles. The van der Waals surface area contributed by atoms with E-state index >= 15 is 0 Å². The van der Waals surface area contributed by atoms with Gasteiger partial charge in [0, 0.05) is 30.9 Å². The van der Waals surface area contributed by atoms with Crippen LogP contribution >= 0.6 is 11.6 Å². The van der Waals surface area contributed by atoms with Gasteiger partial charge in [0.25, 0.3) is 0 Å². The van der Waals surface area contributed by atoms with Crippen LogP contribution in [0.4, 0.5) is 11.6 Å². The van der Waals surface area contributed by atoms with Crippen LogP contribution in [0.15, 0.2) is 42.7 Å². The zero-order valence-corrected chi connectivity index (χ0v) is 20.0. The molecule has 7 nitrogen and oxygen atoms in total. The number of fused-ring (bicyclic) bond motifs is 1. The average molecular weight is 477 g/mol. The van der Waals surface area contributed by atoms with Gasteiger partial charge >= 0.3 is 0 Å². The summed E-state index contributed by atoms with van der Waals surface area (Å²) in [6.45, 7) is 3.42. The summed E-state index contributed by atoms with van der Waals surface area (Å²) in [6.07, 6.45) is 8.24. The highest BCUT2D eigenvalue weighted by Crippen LogP contribution is 2.51. The van der Waals surface area contributed by atoms with Gasteiger partial charge in [0.2, 0.25) is 0 Å². The average Bonchev–Trinajstić information content (AvgIpc) is 3.12. The van der Waals surface area contributed by atoms with Crippen LogP contribution in [-0.2, 0) is 13.0 Å². The molecule has 5 rings (SSSR count). The van der Waals surface area contributed by atoms with Gasteiger partial charge in [-0.2, -0.15) is 0 Å². The number of nitrogens with zero attached hydrogens (tertiary/aromatic N) is 4. The van der Waals surface area contributed by atoms with E-state index in [0.29, 0.717) is 16.4 Å². The SMILES string of the molecule is C/C(=C/c1cnc(N2CCC3(CC2)Cc2ccccc2[C@H]3N)c(CO)n1)c1ccnc(N)c1Cl. The van der Waals surface area contributed by atoms with Crippen molar-refractivity contribution >= 4 is 34.9 Å². The van der Waals surface area contributed by atoms with E-state index in [2.05, 4.69) is 39.1 Å². The maximum atomic E-state index is 10.1. The number of aliphatic hydroxyl groups excluding tert-OH is 1. The minimum absolute atomic E-state index is 0.0683. The van der Waals surface area contributed by atoms with Crippen LogP contribution < -0.4 is 16.4 Å². The Morgan fingerprint density at radius 1 is 1.24 bits per heavy atom. The van der Waals surface area contributed by atoms with E-state index in [9.17, 15) is 5.11 Å². The second-order valence-corrected chi connectivity index (χ2v) is 9.69. The Balaban J connectivity index is 1.34. The zero-order chi connectivity index (χ0) is 23.9. The largest absolute Gasteiger partial charge is 0.390 e. The van der Waals surface area contributed by atoms with Crippen molar-refractivity contribution < 1.29 is 5.11 Å². The Morgan fingerprint density at radius 3 is 2.74 bits per heavy atom. The molecular weight excluding hydrogens is 448 g/mol. The summed E-state index contributed by atoms with van der Waals surface area (Å²) in [5.74, 6) is 1.03. The summed E-state index contributed by atoms with van der Waals surface area (Å²) >= 11 is 6.31. The summed E-state index contributed by atoms with van der Waals surface area (Å²) < 4.78 is 0. The summed E-state index contributed by atoms with van der Waals surface area (Å²) in [5.41, 5.74) is 18.2. The number of hydrogen-bond donors (Lipinski definition) is 3. The fraction of sp³-hybridized carbons (Fsp3) is 0.346. The van der Waals surface area contributed by atoms with E-state index in [0.717, 1.165) is 49.3 Å². The number of rotatable bonds is 4. The molecule has 0 unspecified atom stereocenters. The Bertz CT molecular complexity index is 1250. The van der Waals surface area contributed by atoms with E-state index in [1.165, 1.54) is 11.1 Å². The van der Waals surface area contributed by atoms with Gasteiger partial charge in [-0.05, 0) is 60.4 Å². The van der Waals surface area contributed by atoms with Crippen LogP contribution in [0.25, 0.3) is 11.6 Å². The molecule has 0 saturated carbocycles. The number of halogens is 1. The molecule has 1 aromatic carbocycles. The van der Waals surface area contributed by atoms with Gasteiger partial charge < -0.3 is 21.5 Å².